The number of aromatic nitrogens is 2. The Labute approximate surface area is 181 Å². The molecule has 7 nitrogen and oxygen atoms in total. The van der Waals surface area contributed by atoms with Crippen LogP contribution < -0.4 is 11.0 Å². The average Bonchev–Trinajstić information content (AvgIpc) is 3.02. The molecule has 0 unspecified atom stereocenters. The van der Waals surface area contributed by atoms with Gasteiger partial charge < -0.3 is 10.1 Å². The first-order valence-corrected chi connectivity index (χ1v) is 10.6. The van der Waals surface area contributed by atoms with E-state index in [1.165, 1.54) is 0 Å². The maximum Gasteiger partial charge on any atom is 0.329 e. The largest absolute Gasteiger partial charge is 0.456 e. The number of fused-ring (bicyclic) bond motifs is 1. The van der Waals surface area contributed by atoms with Gasteiger partial charge in [0.25, 0.3) is 5.91 Å². The second-order valence-corrected chi connectivity index (χ2v) is 7.78. The lowest BCUT2D eigenvalue weighted by Gasteiger charge is -2.13. The molecule has 3 rings (SSSR count). The van der Waals surface area contributed by atoms with Crippen molar-refractivity contribution in [1.29, 1.82) is 0 Å². The summed E-state index contributed by atoms with van der Waals surface area (Å²) in [4.78, 5) is 37.2. The van der Waals surface area contributed by atoms with E-state index in [2.05, 4.69) is 5.32 Å². The lowest BCUT2D eigenvalue weighted by molar-refractivity contribution is -0.147. The van der Waals surface area contributed by atoms with Crippen LogP contribution in [-0.4, -0.2) is 27.6 Å². The van der Waals surface area contributed by atoms with Gasteiger partial charge in [-0.05, 0) is 36.1 Å². The van der Waals surface area contributed by atoms with Gasteiger partial charge >= 0.3 is 11.7 Å². The van der Waals surface area contributed by atoms with Crippen LogP contribution in [0.15, 0.2) is 53.3 Å². The second-order valence-electron chi connectivity index (χ2n) is 7.78. The number of imidazole rings is 1. The summed E-state index contributed by atoms with van der Waals surface area (Å²) in [5, 5.41) is 2.80. The molecule has 0 radical (unpaired) electrons. The van der Waals surface area contributed by atoms with Gasteiger partial charge in [0.2, 0.25) is 0 Å². The van der Waals surface area contributed by atoms with E-state index in [1.807, 2.05) is 69.3 Å². The summed E-state index contributed by atoms with van der Waals surface area (Å²) >= 11 is 0. The molecule has 0 saturated carbocycles. The van der Waals surface area contributed by atoms with Crippen LogP contribution in [0.1, 0.15) is 45.1 Å². The van der Waals surface area contributed by atoms with E-state index in [0.29, 0.717) is 12.2 Å². The van der Waals surface area contributed by atoms with Crippen LogP contribution in [0.4, 0.5) is 5.69 Å². The Kier molecular flexibility index (Phi) is 7.28. The number of benzene rings is 2. The molecule has 1 N–H and O–H groups in total. The lowest BCUT2D eigenvalue weighted by Crippen LogP contribution is -2.26. The highest BCUT2D eigenvalue weighted by Crippen LogP contribution is 2.23. The monoisotopic (exact) mass is 423 g/mol. The van der Waals surface area contributed by atoms with Crippen molar-refractivity contribution >= 4 is 28.6 Å². The van der Waals surface area contributed by atoms with Crippen LogP contribution in [0.25, 0.3) is 11.0 Å². The summed E-state index contributed by atoms with van der Waals surface area (Å²) < 4.78 is 8.44. The van der Waals surface area contributed by atoms with Crippen molar-refractivity contribution in [2.45, 2.75) is 52.6 Å². The molecule has 7 heteroatoms. The summed E-state index contributed by atoms with van der Waals surface area (Å²) in [5.74, 6) is -0.656. The molecule has 1 aromatic heterocycles. The number of aryl methyl sites for hydroxylation is 2. The topological polar surface area (TPSA) is 82.3 Å². The predicted octanol–water partition coefficient (Wildman–Crippen LogP) is 3.91. The van der Waals surface area contributed by atoms with Crippen molar-refractivity contribution in [3.05, 3.63) is 64.6 Å². The molecular formula is C24H29N3O4. The number of para-hydroxylation sites is 3. The zero-order chi connectivity index (χ0) is 22.4. The summed E-state index contributed by atoms with van der Waals surface area (Å²) in [5.41, 5.74) is 3.24. The highest BCUT2D eigenvalue weighted by atomic mass is 16.5. The van der Waals surface area contributed by atoms with Gasteiger partial charge in [-0.15, -0.1) is 0 Å². The van der Waals surface area contributed by atoms with Crippen molar-refractivity contribution in [2.24, 2.45) is 0 Å². The minimum Gasteiger partial charge on any atom is -0.456 e. The van der Waals surface area contributed by atoms with E-state index < -0.39 is 11.9 Å². The Morgan fingerprint density at radius 2 is 1.58 bits per heavy atom. The van der Waals surface area contributed by atoms with Crippen LogP contribution in [0.3, 0.4) is 0 Å². The van der Waals surface area contributed by atoms with E-state index in [9.17, 15) is 14.4 Å². The standard InChI is InChI=1S/C24H29N3O4/c1-4-14-26-20-11-7-8-12-21(20)27(24(26)30)15-13-23(29)31-16-22(28)25-19-10-6-5-9-18(19)17(2)3/h5-12,17H,4,13-16H2,1-3H3,(H,25,28). The number of amides is 1. The molecule has 0 spiro atoms. The Bertz CT molecular complexity index is 1130. The van der Waals surface area contributed by atoms with Crippen molar-refractivity contribution in [3.63, 3.8) is 0 Å². The molecule has 3 aromatic rings. The fraction of sp³-hybridized carbons (Fsp3) is 0.375. The summed E-state index contributed by atoms with van der Waals surface area (Å²) in [6, 6.07) is 15.1. The summed E-state index contributed by atoms with van der Waals surface area (Å²) in [6.45, 7) is 6.56. The second kappa shape index (κ2) is 10.1. The number of nitrogens with one attached hydrogen (secondary N) is 1. The molecule has 0 aliphatic carbocycles. The molecular weight excluding hydrogens is 394 g/mol. The summed E-state index contributed by atoms with van der Waals surface area (Å²) in [7, 11) is 0. The van der Waals surface area contributed by atoms with Crippen LogP contribution in [0.2, 0.25) is 0 Å². The van der Waals surface area contributed by atoms with Gasteiger partial charge in [-0.1, -0.05) is 51.1 Å². The number of rotatable bonds is 9. The number of ether oxygens (including phenoxy) is 1. The maximum absolute atomic E-state index is 12.8. The molecule has 2 aromatic carbocycles. The van der Waals surface area contributed by atoms with Gasteiger partial charge in [0.05, 0.1) is 17.5 Å². The molecule has 0 aliphatic heterocycles. The van der Waals surface area contributed by atoms with E-state index in [1.54, 1.807) is 9.13 Å². The van der Waals surface area contributed by atoms with Crippen molar-refractivity contribution < 1.29 is 14.3 Å². The van der Waals surface area contributed by atoms with E-state index in [4.69, 9.17) is 4.74 Å². The lowest BCUT2D eigenvalue weighted by atomic mass is 10.0. The quantitative estimate of drug-likeness (QED) is 0.529. The number of carbonyl (C=O) groups excluding carboxylic acids is 2. The highest BCUT2D eigenvalue weighted by Gasteiger charge is 2.15. The molecule has 1 amide bonds. The van der Waals surface area contributed by atoms with Crippen LogP contribution >= 0.6 is 0 Å². The third-order valence-electron chi connectivity index (χ3n) is 5.13. The Hall–Kier alpha value is -3.35. The van der Waals surface area contributed by atoms with E-state index in [0.717, 1.165) is 23.0 Å². The maximum atomic E-state index is 12.8. The van der Waals surface area contributed by atoms with Crippen LogP contribution in [0, 0.1) is 0 Å². The average molecular weight is 424 g/mol. The third-order valence-corrected chi connectivity index (χ3v) is 5.13. The molecule has 31 heavy (non-hydrogen) atoms. The minimum atomic E-state index is -0.522. The van der Waals surface area contributed by atoms with Gasteiger partial charge in [0.1, 0.15) is 0 Å². The van der Waals surface area contributed by atoms with Gasteiger partial charge in [-0.25, -0.2) is 4.79 Å². The molecule has 0 atom stereocenters. The van der Waals surface area contributed by atoms with E-state index in [-0.39, 0.29) is 31.2 Å². The molecule has 0 saturated heterocycles. The highest BCUT2D eigenvalue weighted by molar-refractivity contribution is 5.93. The number of carbonyl (C=O) groups is 2. The van der Waals surface area contributed by atoms with Crippen molar-refractivity contribution in [2.75, 3.05) is 11.9 Å². The predicted molar refractivity (Wildman–Crippen MR) is 121 cm³/mol. The third kappa shape index (κ3) is 5.23. The Morgan fingerprint density at radius 1 is 0.968 bits per heavy atom. The number of hydrogen-bond donors (Lipinski definition) is 1. The first-order valence-electron chi connectivity index (χ1n) is 10.6. The number of anilines is 1. The number of nitrogens with zero attached hydrogens (tertiary/aromatic N) is 2. The Balaban J connectivity index is 1.58. The molecule has 164 valence electrons. The molecule has 1 heterocycles. The zero-order valence-electron chi connectivity index (χ0n) is 18.3. The SMILES string of the molecule is CCCn1c(=O)n(CCC(=O)OCC(=O)Nc2ccccc2C(C)C)c2ccccc21. The van der Waals surface area contributed by atoms with Gasteiger partial charge in [-0.2, -0.15) is 0 Å². The Morgan fingerprint density at radius 3 is 2.23 bits per heavy atom. The van der Waals surface area contributed by atoms with Gasteiger partial charge in [0, 0.05) is 18.8 Å². The molecule has 0 aliphatic rings. The molecule has 0 bridgehead atoms. The normalized spacial score (nSPS) is 11.1. The minimum absolute atomic E-state index is 0.00982. The first kappa shape index (κ1) is 22.3. The number of esters is 1. The fourth-order valence-corrected chi connectivity index (χ4v) is 3.65. The smallest absolute Gasteiger partial charge is 0.329 e. The van der Waals surface area contributed by atoms with Gasteiger partial charge in [0.15, 0.2) is 6.61 Å². The van der Waals surface area contributed by atoms with Gasteiger partial charge in [-0.3, -0.25) is 18.7 Å². The number of hydrogen-bond acceptors (Lipinski definition) is 4. The summed E-state index contributed by atoms with van der Waals surface area (Å²) in [6.07, 6.45) is 0.848. The first-order chi connectivity index (χ1) is 14.9. The van der Waals surface area contributed by atoms with E-state index >= 15 is 0 Å². The van der Waals surface area contributed by atoms with Crippen LogP contribution in [-0.2, 0) is 27.4 Å². The van der Waals surface area contributed by atoms with Crippen molar-refractivity contribution in [1.82, 2.24) is 9.13 Å². The molecule has 0 fully saturated rings. The zero-order valence-corrected chi connectivity index (χ0v) is 18.3. The fourth-order valence-electron chi connectivity index (χ4n) is 3.65. The van der Waals surface area contributed by atoms with Crippen LogP contribution in [0.5, 0.6) is 0 Å². The van der Waals surface area contributed by atoms with Crippen molar-refractivity contribution in [3.8, 4) is 0 Å².